The number of hydrogen-bond donors (Lipinski definition) is 0. The molecule has 3 aliphatic rings. The Balaban J connectivity index is 1.59. The van der Waals surface area contributed by atoms with Gasteiger partial charge in [-0.05, 0) is 50.3 Å². The molecule has 2 nitrogen and oxygen atoms in total. The first-order chi connectivity index (χ1) is 11.7. The molecule has 1 saturated carbocycles. The highest BCUT2D eigenvalue weighted by molar-refractivity contribution is 6.35. The minimum absolute atomic E-state index is 0.689. The molecule has 2 atom stereocenters. The van der Waals surface area contributed by atoms with Gasteiger partial charge in [-0.25, -0.2) is 0 Å². The molecular weight excluding hydrogens is 339 g/mol. The van der Waals surface area contributed by atoms with Gasteiger partial charge in [-0.1, -0.05) is 48.5 Å². The van der Waals surface area contributed by atoms with Crippen LogP contribution in [0.25, 0.3) is 0 Å². The molecule has 2 aliphatic heterocycles. The zero-order chi connectivity index (χ0) is 16.5. The number of hydrogen-bond acceptors (Lipinski definition) is 2. The first-order valence-corrected chi connectivity index (χ1v) is 10.4. The highest BCUT2D eigenvalue weighted by atomic mass is 35.5. The van der Waals surface area contributed by atoms with E-state index in [0.29, 0.717) is 6.04 Å². The largest absolute Gasteiger partial charge is 0.298 e. The first kappa shape index (κ1) is 17.1. The third-order valence-corrected chi connectivity index (χ3v) is 7.17. The summed E-state index contributed by atoms with van der Waals surface area (Å²) in [6, 6.07) is 7.34. The molecule has 24 heavy (non-hydrogen) atoms. The summed E-state index contributed by atoms with van der Waals surface area (Å²) in [5, 5.41) is 1.64. The lowest BCUT2D eigenvalue weighted by Crippen LogP contribution is -2.59. The molecule has 132 valence electrons. The van der Waals surface area contributed by atoms with Crippen molar-refractivity contribution < 1.29 is 0 Å². The summed E-state index contributed by atoms with van der Waals surface area (Å²) in [5.41, 5.74) is 1.12. The van der Waals surface area contributed by atoms with Crippen LogP contribution in [-0.2, 0) is 6.54 Å². The van der Waals surface area contributed by atoms with Gasteiger partial charge in [-0.3, -0.25) is 9.80 Å². The average Bonchev–Trinajstić information content (AvgIpc) is 3.07. The summed E-state index contributed by atoms with van der Waals surface area (Å²) >= 11 is 12.9. The molecule has 0 amide bonds. The lowest BCUT2D eigenvalue weighted by molar-refractivity contribution is -0.00377. The highest BCUT2D eigenvalue weighted by Gasteiger charge is 2.43. The minimum Gasteiger partial charge on any atom is -0.298 e. The maximum atomic E-state index is 6.47. The summed E-state index contributed by atoms with van der Waals surface area (Å²) in [6.07, 6.45) is 9.79. The Morgan fingerprint density at radius 3 is 2.38 bits per heavy atom. The zero-order valence-corrected chi connectivity index (χ0v) is 15.9. The highest BCUT2D eigenvalue weighted by Crippen LogP contribution is 2.39. The number of piperazine rings is 1. The Kier molecular flexibility index (Phi) is 5.38. The Labute approximate surface area is 156 Å². The monoisotopic (exact) mass is 366 g/mol. The van der Waals surface area contributed by atoms with E-state index in [9.17, 15) is 0 Å². The van der Waals surface area contributed by atoms with Gasteiger partial charge in [0.25, 0.3) is 0 Å². The fourth-order valence-corrected chi connectivity index (χ4v) is 5.84. The van der Waals surface area contributed by atoms with Crippen LogP contribution in [-0.4, -0.2) is 41.5 Å². The fraction of sp³-hybridized carbons (Fsp3) is 0.700. The maximum absolute atomic E-state index is 6.47. The number of halogens is 2. The molecule has 1 aromatic rings. The van der Waals surface area contributed by atoms with Crippen molar-refractivity contribution >= 4 is 23.2 Å². The summed E-state index contributed by atoms with van der Waals surface area (Å²) in [7, 11) is 0. The molecule has 1 aromatic carbocycles. The molecule has 0 aromatic heterocycles. The van der Waals surface area contributed by atoms with Crippen molar-refractivity contribution in [3.05, 3.63) is 33.8 Å². The van der Waals surface area contributed by atoms with E-state index in [4.69, 9.17) is 23.2 Å². The van der Waals surface area contributed by atoms with E-state index in [-0.39, 0.29) is 0 Å². The van der Waals surface area contributed by atoms with Crippen molar-refractivity contribution in [2.24, 2.45) is 5.92 Å². The van der Waals surface area contributed by atoms with Crippen molar-refractivity contribution in [3.63, 3.8) is 0 Å². The quantitative estimate of drug-likeness (QED) is 0.723. The van der Waals surface area contributed by atoms with E-state index in [1.807, 2.05) is 18.2 Å². The van der Waals surface area contributed by atoms with Gasteiger partial charge < -0.3 is 0 Å². The van der Waals surface area contributed by atoms with Crippen LogP contribution in [0, 0.1) is 5.92 Å². The average molecular weight is 367 g/mol. The molecule has 2 heterocycles. The molecule has 2 saturated heterocycles. The number of fused-ring (bicyclic) bond motifs is 1. The van der Waals surface area contributed by atoms with Crippen molar-refractivity contribution in [1.29, 1.82) is 0 Å². The standard InChI is InChI=1S/C20H28Cl2N2/c21-17-8-4-9-18(22)16(17)14-24-13-12-23-11-5-10-19(23)20(24)15-6-2-1-3-7-15/h4,8-9,15,19-20H,1-3,5-7,10-14H2/t19-,20-/m0/s1. The topological polar surface area (TPSA) is 6.48 Å². The molecule has 1 aliphatic carbocycles. The summed E-state index contributed by atoms with van der Waals surface area (Å²) < 4.78 is 0. The van der Waals surface area contributed by atoms with Crippen LogP contribution in [0.15, 0.2) is 18.2 Å². The van der Waals surface area contributed by atoms with Gasteiger partial charge >= 0.3 is 0 Å². The van der Waals surface area contributed by atoms with E-state index in [2.05, 4.69) is 9.80 Å². The summed E-state index contributed by atoms with van der Waals surface area (Å²) in [6.45, 7) is 4.56. The third kappa shape index (κ3) is 3.35. The molecule has 0 unspecified atom stereocenters. The van der Waals surface area contributed by atoms with Crippen molar-refractivity contribution in [2.45, 2.75) is 63.6 Å². The van der Waals surface area contributed by atoms with Crippen molar-refractivity contribution in [3.8, 4) is 0 Å². The third-order valence-electron chi connectivity index (χ3n) is 6.46. The van der Waals surface area contributed by atoms with Gasteiger partial charge in [0.05, 0.1) is 0 Å². The summed E-state index contributed by atoms with van der Waals surface area (Å²) in [5.74, 6) is 0.853. The van der Waals surface area contributed by atoms with Crippen LogP contribution in [0.5, 0.6) is 0 Å². The van der Waals surface area contributed by atoms with Gasteiger partial charge in [0.2, 0.25) is 0 Å². The van der Waals surface area contributed by atoms with E-state index in [1.165, 1.54) is 58.0 Å². The van der Waals surface area contributed by atoms with E-state index in [0.717, 1.165) is 40.7 Å². The maximum Gasteiger partial charge on any atom is 0.0465 e. The predicted octanol–water partition coefficient (Wildman–Crippen LogP) is 5.22. The lowest BCUT2D eigenvalue weighted by atomic mass is 9.78. The van der Waals surface area contributed by atoms with Gasteiger partial charge in [-0.15, -0.1) is 0 Å². The number of rotatable bonds is 3. The summed E-state index contributed by atoms with van der Waals surface area (Å²) in [4.78, 5) is 5.47. The Morgan fingerprint density at radius 1 is 0.875 bits per heavy atom. The van der Waals surface area contributed by atoms with Gasteiger partial charge in [0.1, 0.15) is 0 Å². The van der Waals surface area contributed by atoms with Crippen LogP contribution in [0.3, 0.4) is 0 Å². The normalized spacial score (nSPS) is 29.8. The first-order valence-electron chi connectivity index (χ1n) is 9.65. The van der Waals surface area contributed by atoms with Crippen molar-refractivity contribution in [1.82, 2.24) is 9.80 Å². The van der Waals surface area contributed by atoms with E-state index >= 15 is 0 Å². The van der Waals surface area contributed by atoms with Gasteiger partial charge in [0, 0.05) is 47.3 Å². The van der Waals surface area contributed by atoms with Crippen LogP contribution in [0.4, 0.5) is 0 Å². The Bertz CT molecular complexity index is 551. The van der Waals surface area contributed by atoms with E-state index < -0.39 is 0 Å². The molecule has 0 bridgehead atoms. The van der Waals surface area contributed by atoms with Crippen LogP contribution < -0.4 is 0 Å². The van der Waals surface area contributed by atoms with Crippen LogP contribution in [0.2, 0.25) is 10.0 Å². The molecule has 0 radical (unpaired) electrons. The number of nitrogens with zero attached hydrogens (tertiary/aromatic N) is 2. The Hall–Kier alpha value is -0.280. The second kappa shape index (κ2) is 7.53. The second-order valence-electron chi connectivity index (χ2n) is 7.80. The smallest absolute Gasteiger partial charge is 0.0465 e. The fourth-order valence-electron chi connectivity index (χ4n) is 5.32. The van der Waals surface area contributed by atoms with Gasteiger partial charge in [-0.2, -0.15) is 0 Å². The minimum atomic E-state index is 0.689. The van der Waals surface area contributed by atoms with Crippen LogP contribution >= 0.6 is 23.2 Å². The molecule has 4 heteroatoms. The SMILES string of the molecule is Clc1cccc(Cl)c1CN1CCN2CCC[C@H]2[C@@H]1C1CCCCC1. The predicted molar refractivity (Wildman–Crippen MR) is 102 cm³/mol. The lowest BCUT2D eigenvalue weighted by Gasteiger charge is -2.49. The van der Waals surface area contributed by atoms with Crippen LogP contribution in [0.1, 0.15) is 50.5 Å². The molecule has 0 spiro atoms. The molecule has 3 fully saturated rings. The molecule has 0 N–H and O–H groups in total. The van der Waals surface area contributed by atoms with E-state index in [1.54, 1.807) is 0 Å². The molecular formula is C20H28Cl2N2. The van der Waals surface area contributed by atoms with Crippen molar-refractivity contribution in [2.75, 3.05) is 19.6 Å². The Morgan fingerprint density at radius 2 is 1.62 bits per heavy atom. The van der Waals surface area contributed by atoms with Gasteiger partial charge in [0.15, 0.2) is 0 Å². The second-order valence-corrected chi connectivity index (χ2v) is 8.62. The zero-order valence-electron chi connectivity index (χ0n) is 14.4. The molecule has 4 rings (SSSR count). The number of benzene rings is 1.